The number of imidazole rings is 1. The van der Waals surface area contributed by atoms with Gasteiger partial charge in [0.25, 0.3) is 0 Å². The van der Waals surface area contributed by atoms with E-state index in [9.17, 15) is 0 Å². The standard InChI is InChI=1S/C15H17N3O/c1-10(2)12-7-11(5-6-14(12)19-4)15-13(8-16)17-9-18(15)3/h5-7,9-10H,1-4H3. The van der Waals surface area contributed by atoms with Crippen LogP contribution in [0.1, 0.15) is 31.0 Å². The largest absolute Gasteiger partial charge is 0.496 e. The average Bonchev–Trinajstić information content (AvgIpc) is 2.79. The summed E-state index contributed by atoms with van der Waals surface area (Å²) in [5.41, 5.74) is 3.40. The van der Waals surface area contributed by atoms with Crippen molar-refractivity contribution in [3.63, 3.8) is 0 Å². The highest BCUT2D eigenvalue weighted by atomic mass is 16.5. The smallest absolute Gasteiger partial charge is 0.166 e. The molecule has 0 saturated carbocycles. The van der Waals surface area contributed by atoms with E-state index in [0.29, 0.717) is 11.6 Å². The maximum Gasteiger partial charge on any atom is 0.166 e. The van der Waals surface area contributed by atoms with Crippen LogP contribution < -0.4 is 4.74 Å². The maximum absolute atomic E-state index is 9.12. The first-order chi connectivity index (χ1) is 9.08. The lowest BCUT2D eigenvalue weighted by Crippen LogP contribution is -1.97. The maximum atomic E-state index is 9.12. The summed E-state index contributed by atoms with van der Waals surface area (Å²) in [7, 11) is 3.56. The van der Waals surface area contributed by atoms with Crippen molar-refractivity contribution < 1.29 is 4.74 Å². The predicted molar refractivity (Wildman–Crippen MR) is 74.0 cm³/mol. The number of methoxy groups -OCH3 is 1. The van der Waals surface area contributed by atoms with Gasteiger partial charge in [0.1, 0.15) is 11.8 Å². The molecule has 1 aromatic carbocycles. The minimum absolute atomic E-state index is 0.355. The third-order valence-corrected chi connectivity index (χ3v) is 3.17. The summed E-state index contributed by atoms with van der Waals surface area (Å²) in [6.45, 7) is 4.24. The van der Waals surface area contributed by atoms with Crippen LogP contribution in [0.4, 0.5) is 0 Å². The highest BCUT2D eigenvalue weighted by Crippen LogP contribution is 2.32. The van der Waals surface area contributed by atoms with Crippen molar-refractivity contribution >= 4 is 0 Å². The number of hydrogen-bond donors (Lipinski definition) is 0. The van der Waals surface area contributed by atoms with E-state index in [1.165, 1.54) is 0 Å². The lowest BCUT2D eigenvalue weighted by molar-refractivity contribution is 0.407. The fourth-order valence-electron chi connectivity index (χ4n) is 2.19. The monoisotopic (exact) mass is 255 g/mol. The van der Waals surface area contributed by atoms with Gasteiger partial charge in [0.2, 0.25) is 0 Å². The number of aryl methyl sites for hydroxylation is 1. The second kappa shape index (κ2) is 5.15. The van der Waals surface area contributed by atoms with Gasteiger partial charge in [-0.25, -0.2) is 4.98 Å². The van der Waals surface area contributed by atoms with Gasteiger partial charge in [-0.05, 0) is 29.7 Å². The van der Waals surface area contributed by atoms with Crippen molar-refractivity contribution in [3.8, 4) is 23.1 Å². The number of ether oxygens (including phenoxy) is 1. The molecule has 4 nitrogen and oxygen atoms in total. The van der Waals surface area contributed by atoms with E-state index in [0.717, 1.165) is 22.6 Å². The molecule has 0 radical (unpaired) electrons. The molecule has 0 unspecified atom stereocenters. The van der Waals surface area contributed by atoms with Crippen LogP contribution in [-0.2, 0) is 7.05 Å². The molecule has 2 rings (SSSR count). The first-order valence-corrected chi connectivity index (χ1v) is 6.18. The Kier molecular flexibility index (Phi) is 3.57. The van der Waals surface area contributed by atoms with Crippen LogP contribution in [0.15, 0.2) is 24.5 Å². The van der Waals surface area contributed by atoms with Crippen LogP contribution in [0.25, 0.3) is 11.3 Å². The molecule has 2 aromatic rings. The molecule has 0 N–H and O–H groups in total. The van der Waals surface area contributed by atoms with Crippen LogP contribution in [0.2, 0.25) is 0 Å². The van der Waals surface area contributed by atoms with Crippen molar-refractivity contribution in [2.75, 3.05) is 7.11 Å². The van der Waals surface area contributed by atoms with Crippen molar-refractivity contribution in [1.82, 2.24) is 9.55 Å². The van der Waals surface area contributed by atoms with Gasteiger partial charge in [-0.1, -0.05) is 13.8 Å². The highest BCUT2D eigenvalue weighted by Gasteiger charge is 2.14. The number of rotatable bonds is 3. The van der Waals surface area contributed by atoms with Crippen LogP contribution >= 0.6 is 0 Å². The Bertz CT molecular complexity index is 635. The zero-order chi connectivity index (χ0) is 14.0. The van der Waals surface area contributed by atoms with E-state index in [1.807, 2.05) is 23.7 Å². The molecule has 0 aliphatic rings. The summed E-state index contributed by atoms with van der Waals surface area (Å²) >= 11 is 0. The molecule has 0 aliphatic carbocycles. The summed E-state index contributed by atoms with van der Waals surface area (Å²) in [6.07, 6.45) is 1.66. The summed E-state index contributed by atoms with van der Waals surface area (Å²) < 4.78 is 7.24. The van der Waals surface area contributed by atoms with Gasteiger partial charge >= 0.3 is 0 Å². The first-order valence-electron chi connectivity index (χ1n) is 6.18. The molecule has 0 amide bonds. The molecule has 0 atom stereocenters. The average molecular weight is 255 g/mol. The molecule has 0 saturated heterocycles. The number of hydrogen-bond acceptors (Lipinski definition) is 3. The van der Waals surface area contributed by atoms with Gasteiger partial charge in [0, 0.05) is 12.6 Å². The van der Waals surface area contributed by atoms with Crippen molar-refractivity contribution in [2.24, 2.45) is 7.05 Å². The van der Waals surface area contributed by atoms with Crippen LogP contribution in [0.5, 0.6) is 5.75 Å². The molecule has 0 spiro atoms. The number of benzene rings is 1. The third kappa shape index (κ3) is 2.32. The highest BCUT2D eigenvalue weighted by molar-refractivity contribution is 5.67. The SMILES string of the molecule is COc1ccc(-c2c(C#N)ncn2C)cc1C(C)C. The van der Waals surface area contributed by atoms with E-state index >= 15 is 0 Å². The fourth-order valence-corrected chi connectivity index (χ4v) is 2.19. The van der Waals surface area contributed by atoms with E-state index in [1.54, 1.807) is 13.4 Å². The van der Waals surface area contributed by atoms with Crippen LogP contribution in [0, 0.1) is 11.3 Å². The van der Waals surface area contributed by atoms with E-state index in [2.05, 4.69) is 31.0 Å². The summed E-state index contributed by atoms with van der Waals surface area (Å²) in [5, 5.41) is 9.12. The van der Waals surface area contributed by atoms with Gasteiger partial charge in [-0.2, -0.15) is 5.26 Å². The fraction of sp³-hybridized carbons (Fsp3) is 0.333. The Morgan fingerprint density at radius 3 is 2.68 bits per heavy atom. The molecular formula is C15H17N3O. The van der Waals surface area contributed by atoms with Crippen molar-refractivity contribution in [2.45, 2.75) is 19.8 Å². The minimum Gasteiger partial charge on any atom is -0.496 e. The first kappa shape index (κ1) is 13.2. The Hall–Kier alpha value is -2.28. The molecule has 1 heterocycles. The Morgan fingerprint density at radius 1 is 1.37 bits per heavy atom. The van der Waals surface area contributed by atoms with Gasteiger partial charge in [-0.3, -0.25) is 0 Å². The van der Waals surface area contributed by atoms with Crippen LogP contribution in [-0.4, -0.2) is 16.7 Å². The van der Waals surface area contributed by atoms with E-state index in [4.69, 9.17) is 10.00 Å². The predicted octanol–water partition coefficient (Wildman–Crippen LogP) is 3.09. The number of nitriles is 1. The summed E-state index contributed by atoms with van der Waals surface area (Å²) in [6, 6.07) is 8.10. The molecular weight excluding hydrogens is 238 g/mol. The van der Waals surface area contributed by atoms with Gasteiger partial charge < -0.3 is 9.30 Å². The summed E-state index contributed by atoms with van der Waals surface area (Å²) in [5.74, 6) is 1.23. The number of nitrogens with zero attached hydrogens (tertiary/aromatic N) is 3. The minimum atomic E-state index is 0.355. The molecule has 0 aliphatic heterocycles. The van der Waals surface area contributed by atoms with Crippen molar-refractivity contribution in [1.29, 1.82) is 5.26 Å². The Morgan fingerprint density at radius 2 is 2.11 bits per heavy atom. The Balaban J connectivity index is 2.61. The summed E-state index contributed by atoms with van der Waals surface area (Å²) in [4.78, 5) is 4.10. The lowest BCUT2D eigenvalue weighted by Gasteiger charge is -2.14. The molecule has 98 valence electrons. The topological polar surface area (TPSA) is 50.8 Å². The van der Waals surface area contributed by atoms with Gasteiger partial charge in [-0.15, -0.1) is 0 Å². The number of aromatic nitrogens is 2. The van der Waals surface area contributed by atoms with Crippen LogP contribution in [0.3, 0.4) is 0 Å². The molecule has 0 fully saturated rings. The molecule has 19 heavy (non-hydrogen) atoms. The second-order valence-electron chi connectivity index (χ2n) is 4.78. The molecule has 4 heteroatoms. The molecule has 0 bridgehead atoms. The zero-order valence-corrected chi connectivity index (χ0v) is 11.6. The normalized spacial score (nSPS) is 10.5. The van der Waals surface area contributed by atoms with Gasteiger partial charge in [0.15, 0.2) is 5.69 Å². The zero-order valence-electron chi connectivity index (χ0n) is 11.6. The van der Waals surface area contributed by atoms with E-state index in [-0.39, 0.29) is 0 Å². The molecule has 1 aromatic heterocycles. The lowest BCUT2D eigenvalue weighted by atomic mass is 9.98. The van der Waals surface area contributed by atoms with Gasteiger partial charge in [0.05, 0.1) is 19.1 Å². The third-order valence-electron chi connectivity index (χ3n) is 3.17. The second-order valence-corrected chi connectivity index (χ2v) is 4.78. The quantitative estimate of drug-likeness (QED) is 0.846. The van der Waals surface area contributed by atoms with Crippen molar-refractivity contribution in [3.05, 3.63) is 35.8 Å². The Labute approximate surface area is 113 Å². The van der Waals surface area contributed by atoms with E-state index < -0.39 is 0 Å².